The molecule has 1 rings (SSSR count). The lowest BCUT2D eigenvalue weighted by Gasteiger charge is -2.27. The predicted octanol–water partition coefficient (Wildman–Crippen LogP) is 4.66. The Balaban J connectivity index is 2.07. The second kappa shape index (κ2) is 10.7. The van der Waals surface area contributed by atoms with E-state index < -0.39 is 0 Å². The van der Waals surface area contributed by atoms with Crippen LogP contribution in [0.3, 0.4) is 0 Å². The molecular weight excluding hydrogens is 302 g/mol. The van der Waals surface area contributed by atoms with Gasteiger partial charge < -0.3 is 5.32 Å². The minimum atomic E-state index is 0.300. The van der Waals surface area contributed by atoms with Gasteiger partial charge in [-0.1, -0.05) is 48.5 Å². The van der Waals surface area contributed by atoms with Gasteiger partial charge in [0.1, 0.15) is 0 Å². The Bertz CT molecular complexity index is 237. The smallest absolute Gasteiger partial charge is 0.223 e. The van der Waals surface area contributed by atoms with Crippen molar-refractivity contribution in [1.82, 2.24) is 5.32 Å². The van der Waals surface area contributed by atoms with Gasteiger partial charge in [-0.2, -0.15) is 0 Å². The number of carbonyl (C=O) groups is 1. The Hall–Kier alpha value is -0.0500. The molecule has 3 heteroatoms. The third-order valence-electron chi connectivity index (χ3n) is 4.29. The molecule has 1 amide bonds. The standard InChI is InChI=1S/C16H30BrNO/c1-2-3-7-14-8-10-15(11-9-14)16(19)18-13-6-4-5-12-17/h14-15H,2-13H2,1H3,(H,18,19). The van der Waals surface area contributed by atoms with Gasteiger partial charge in [-0.3, -0.25) is 4.79 Å². The van der Waals surface area contributed by atoms with Gasteiger partial charge in [-0.25, -0.2) is 0 Å². The summed E-state index contributed by atoms with van der Waals surface area (Å²) in [5.74, 6) is 1.50. The summed E-state index contributed by atoms with van der Waals surface area (Å²) in [5, 5.41) is 4.19. The zero-order valence-electron chi connectivity index (χ0n) is 12.4. The summed E-state index contributed by atoms with van der Waals surface area (Å²) in [6.07, 6.45) is 12.3. The number of hydrogen-bond donors (Lipinski definition) is 1. The fourth-order valence-electron chi connectivity index (χ4n) is 2.96. The van der Waals surface area contributed by atoms with E-state index in [1.54, 1.807) is 0 Å². The maximum Gasteiger partial charge on any atom is 0.223 e. The van der Waals surface area contributed by atoms with Crippen LogP contribution in [0.2, 0.25) is 0 Å². The van der Waals surface area contributed by atoms with Gasteiger partial charge in [-0.05, 0) is 44.4 Å². The predicted molar refractivity (Wildman–Crippen MR) is 85.6 cm³/mol. The van der Waals surface area contributed by atoms with Crippen molar-refractivity contribution in [1.29, 1.82) is 0 Å². The first-order valence-corrected chi connectivity index (χ1v) is 9.23. The van der Waals surface area contributed by atoms with Crippen molar-refractivity contribution in [3.8, 4) is 0 Å². The molecule has 0 radical (unpaired) electrons. The van der Waals surface area contributed by atoms with E-state index in [9.17, 15) is 4.79 Å². The number of nitrogens with one attached hydrogen (secondary N) is 1. The van der Waals surface area contributed by atoms with E-state index in [-0.39, 0.29) is 0 Å². The van der Waals surface area contributed by atoms with E-state index >= 15 is 0 Å². The van der Waals surface area contributed by atoms with Crippen LogP contribution in [0.15, 0.2) is 0 Å². The summed E-state index contributed by atoms with van der Waals surface area (Å²) in [7, 11) is 0. The summed E-state index contributed by atoms with van der Waals surface area (Å²) in [5.41, 5.74) is 0. The summed E-state index contributed by atoms with van der Waals surface area (Å²) in [6.45, 7) is 3.12. The first kappa shape index (κ1) is 17.0. The third kappa shape index (κ3) is 7.34. The summed E-state index contributed by atoms with van der Waals surface area (Å²) >= 11 is 3.43. The Morgan fingerprint density at radius 2 is 1.84 bits per heavy atom. The minimum Gasteiger partial charge on any atom is -0.356 e. The molecule has 0 heterocycles. The maximum absolute atomic E-state index is 12.0. The molecule has 0 aromatic carbocycles. The van der Waals surface area contributed by atoms with Crippen LogP contribution in [0.5, 0.6) is 0 Å². The molecule has 19 heavy (non-hydrogen) atoms. The lowest BCUT2D eigenvalue weighted by molar-refractivity contribution is -0.126. The normalized spacial score (nSPS) is 23.3. The Labute approximate surface area is 127 Å². The molecule has 0 spiro atoms. The molecule has 1 aliphatic carbocycles. The number of rotatable bonds is 9. The van der Waals surface area contributed by atoms with Crippen LogP contribution in [0.4, 0.5) is 0 Å². The maximum atomic E-state index is 12.0. The van der Waals surface area contributed by atoms with Crippen LogP contribution < -0.4 is 5.32 Å². The minimum absolute atomic E-state index is 0.300. The van der Waals surface area contributed by atoms with Gasteiger partial charge in [0.15, 0.2) is 0 Å². The van der Waals surface area contributed by atoms with Crippen molar-refractivity contribution in [2.45, 2.75) is 71.1 Å². The van der Waals surface area contributed by atoms with Gasteiger partial charge in [0.25, 0.3) is 0 Å². The van der Waals surface area contributed by atoms with E-state index in [0.717, 1.165) is 37.1 Å². The van der Waals surface area contributed by atoms with Crippen LogP contribution in [-0.2, 0) is 4.79 Å². The van der Waals surface area contributed by atoms with Crippen molar-refractivity contribution in [2.75, 3.05) is 11.9 Å². The highest BCUT2D eigenvalue weighted by molar-refractivity contribution is 9.09. The van der Waals surface area contributed by atoms with Crippen LogP contribution >= 0.6 is 15.9 Å². The van der Waals surface area contributed by atoms with Crippen LogP contribution in [0.25, 0.3) is 0 Å². The largest absolute Gasteiger partial charge is 0.356 e. The highest BCUT2D eigenvalue weighted by atomic mass is 79.9. The molecule has 112 valence electrons. The Kier molecular flexibility index (Phi) is 9.58. The lowest BCUT2D eigenvalue weighted by Crippen LogP contribution is -2.33. The fourth-order valence-corrected chi connectivity index (χ4v) is 3.35. The van der Waals surface area contributed by atoms with Gasteiger partial charge in [0.2, 0.25) is 5.91 Å². The van der Waals surface area contributed by atoms with Gasteiger partial charge in [0.05, 0.1) is 0 Å². The zero-order chi connectivity index (χ0) is 13.9. The van der Waals surface area contributed by atoms with E-state index in [1.807, 2.05) is 0 Å². The quantitative estimate of drug-likeness (QED) is 0.483. The van der Waals surface area contributed by atoms with Gasteiger partial charge >= 0.3 is 0 Å². The number of hydrogen-bond acceptors (Lipinski definition) is 1. The second-order valence-corrected chi connectivity index (χ2v) is 6.69. The van der Waals surface area contributed by atoms with Crippen LogP contribution in [-0.4, -0.2) is 17.8 Å². The highest BCUT2D eigenvalue weighted by Crippen LogP contribution is 2.31. The van der Waals surface area contributed by atoms with Crippen molar-refractivity contribution in [2.24, 2.45) is 11.8 Å². The molecule has 0 unspecified atom stereocenters. The third-order valence-corrected chi connectivity index (χ3v) is 4.85. The average molecular weight is 332 g/mol. The fraction of sp³-hybridized carbons (Fsp3) is 0.938. The molecule has 0 saturated heterocycles. The van der Waals surface area contributed by atoms with E-state index in [0.29, 0.717) is 11.8 Å². The van der Waals surface area contributed by atoms with Crippen molar-refractivity contribution < 1.29 is 4.79 Å². The van der Waals surface area contributed by atoms with E-state index in [4.69, 9.17) is 0 Å². The topological polar surface area (TPSA) is 29.1 Å². The van der Waals surface area contributed by atoms with Gasteiger partial charge in [-0.15, -0.1) is 0 Å². The van der Waals surface area contributed by atoms with E-state index in [2.05, 4.69) is 28.2 Å². The first-order valence-electron chi connectivity index (χ1n) is 8.11. The molecule has 0 aliphatic heterocycles. The van der Waals surface area contributed by atoms with Crippen LogP contribution in [0.1, 0.15) is 71.1 Å². The molecule has 1 N–H and O–H groups in total. The lowest BCUT2D eigenvalue weighted by atomic mass is 9.79. The SMILES string of the molecule is CCCCC1CCC(C(=O)NCCCCCBr)CC1. The van der Waals surface area contributed by atoms with Gasteiger partial charge in [0, 0.05) is 17.8 Å². The Morgan fingerprint density at radius 1 is 1.11 bits per heavy atom. The molecule has 2 nitrogen and oxygen atoms in total. The highest BCUT2D eigenvalue weighted by Gasteiger charge is 2.25. The molecule has 0 atom stereocenters. The number of halogens is 1. The van der Waals surface area contributed by atoms with Crippen molar-refractivity contribution in [3.05, 3.63) is 0 Å². The number of amides is 1. The van der Waals surface area contributed by atoms with Crippen molar-refractivity contribution >= 4 is 21.8 Å². The van der Waals surface area contributed by atoms with E-state index in [1.165, 1.54) is 44.9 Å². The molecule has 1 fully saturated rings. The molecular formula is C16H30BrNO. The molecule has 1 saturated carbocycles. The molecule has 0 bridgehead atoms. The first-order chi connectivity index (χ1) is 9.27. The molecule has 0 aromatic heterocycles. The molecule has 1 aliphatic rings. The molecule has 0 aromatic rings. The number of unbranched alkanes of at least 4 members (excludes halogenated alkanes) is 3. The summed E-state index contributed by atoms with van der Waals surface area (Å²) < 4.78 is 0. The number of alkyl halides is 1. The second-order valence-electron chi connectivity index (χ2n) is 5.90. The Morgan fingerprint density at radius 3 is 2.47 bits per heavy atom. The average Bonchev–Trinajstić information content (AvgIpc) is 2.45. The van der Waals surface area contributed by atoms with Crippen molar-refractivity contribution in [3.63, 3.8) is 0 Å². The summed E-state index contributed by atoms with van der Waals surface area (Å²) in [4.78, 5) is 12.0. The summed E-state index contributed by atoms with van der Waals surface area (Å²) in [6, 6.07) is 0. The van der Waals surface area contributed by atoms with Crippen LogP contribution in [0, 0.1) is 11.8 Å². The zero-order valence-corrected chi connectivity index (χ0v) is 14.0. The number of carbonyl (C=O) groups excluding carboxylic acids is 1. The monoisotopic (exact) mass is 331 g/mol.